The van der Waals surface area contributed by atoms with Crippen LogP contribution in [-0.2, 0) is 13.3 Å². The minimum atomic E-state index is -0.242. The van der Waals surface area contributed by atoms with E-state index in [2.05, 4.69) is 31.4 Å². The lowest BCUT2D eigenvalue weighted by atomic mass is 10.3. The van der Waals surface area contributed by atoms with Crippen LogP contribution in [0.25, 0.3) is 0 Å². The van der Waals surface area contributed by atoms with E-state index in [-0.39, 0.29) is 12.6 Å². The molecule has 0 aliphatic rings. The summed E-state index contributed by atoms with van der Waals surface area (Å²) in [6.45, 7) is 5.29. The number of amides is 1. The molecule has 0 aliphatic carbocycles. The Labute approximate surface area is 187 Å². The molecule has 0 saturated heterocycles. The second-order valence-corrected chi connectivity index (χ2v) is 7.99. The number of aromatic nitrogens is 4. The maximum Gasteiger partial charge on any atom is 0.271 e. The van der Waals surface area contributed by atoms with Gasteiger partial charge in [0.25, 0.3) is 5.91 Å². The van der Waals surface area contributed by atoms with Crippen molar-refractivity contribution in [2.75, 3.05) is 6.54 Å². The predicted molar refractivity (Wildman–Crippen MR) is 116 cm³/mol. The Bertz CT molecular complexity index is 998. The van der Waals surface area contributed by atoms with Crippen LogP contribution in [-0.4, -0.2) is 32.0 Å². The molecule has 29 heavy (non-hydrogen) atoms. The maximum absolute atomic E-state index is 12.3. The molecule has 3 aromatic rings. The summed E-state index contributed by atoms with van der Waals surface area (Å²) in [5.41, 5.74) is 2.34. The highest BCUT2D eigenvalue weighted by molar-refractivity contribution is 9.10. The van der Waals surface area contributed by atoms with E-state index in [9.17, 15) is 4.79 Å². The van der Waals surface area contributed by atoms with Crippen molar-refractivity contribution in [3.8, 4) is 5.75 Å². The van der Waals surface area contributed by atoms with Crippen molar-refractivity contribution >= 4 is 45.0 Å². The van der Waals surface area contributed by atoms with E-state index in [4.69, 9.17) is 27.9 Å². The topological polar surface area (TPSA) is 74.0 Å². The van der Waals surface area contributed by atoms with Gasteiger partial charge in [-0.05, 0) is 54.4 Å². The summed E-state index contributed by atoms with van der Waals surface area (Å²) in [6, 6.07) is 6.75. The van der Waals surface area contributed by atoms with Crippen molar-refractivity contribution in [1.82, 2.24) is 24.9 Å². The third kappa shape index (κ3) is 5.32. The number of rotatable bonds is 8. The van der Waals surface area contributed by atoms with Crippen LogP contribution in [0.1, 0.15) is 28.3 Å². The molecule has 0 spiro atoms. The standard InChI is InChI=1S/C19H20BrCl2N5O2/c1-12-17(20)13(2)27(24-12)9-4-8-23-19(28)16-7-10-26(25-16)11-29-18-14(21)5-3-6-15(18)22/h3,5-7,10H,4,8-9,11H2,1-2H3,(H,23,28). The SMILES string of the molecule is Cc1nn(CCCNC(=O)c2ccn(COc3c(Cl)cccc3Cl)n2)c(C)c1Br. The van der Waals surface area contributed by atoms with E-state index in [1.165, 1.54) is 4.68 Å². The van der Waals surface area contributed by atoms with Gasteiger partial charge in [-0.2, -0.15) is 10.2 Å². The molecule has 0 unspecified atom stereocenters. The highest BCUT2D eigenvalue weighted by Crippen LogP contribution is 2.32. The van der Waals surface area contributed by atoms with Crippen LogP contribution >= 0.6 is 39.1 Å². The zero-order valence-corrected chi connectivity index (χ0v) is 19.1. The van der Waals surface area contributed by atoms with E-state index >= 15 is 0 Å². The summed E-state index contributed by atoms with van der Waals surface area (Å²) in [6.07, 6.45) is 2.42. The van der Waals surface area contributed by atoms with Crippen LogP contribution in [0.5, 0.6) is 5.75 Å². The van der Waals surface area contributed by atoms with Crippen molar-refractivity contribution in [3.05, 3.63) is 62.1 Å². The number of benzene rings is 1. The third-order valence-corrected chi connectivity index (χ3v) is 6.00. The molecule has 2 aromatic heterocycles. The average molecular weight is 501 g/mol. The highest BCUT2D eigenvalue weighted by Gasteiger charge is 2.12. The number of ether oxygens (including phenoxy) is 1. The van der Waals surface area contributed by atoms with Crippen LogP contribution in [0.2, 0.25) is 10.0 Å². The van der Waals surface area contributed by atoms with Crippen molar-refractivity contribution < 1.29 is 9.53 Å². The summed E-state index contributed by atoms with van der Waals surface area (Å²) in [4.78, 5) is 12.3. The number of aryl methyl sites for hydroxylation is 2. The zero-order chi connectivity index (χ0) is 21.0. The Hall–Kier alpha value is -2.03. The van der Waals surface area contributed by atoms with Gasteiger partial charge in [0, 0.05) is 25.0 Å². The van der Waals surface area contributed by atoms with Crippen molar-refractivity contribution in [2.24, 2.45) is 0 Å². The lowest BCUT2D eigenvalue weighted by molar-refractivity contribution is 0.0945. The van der Waals surface area contributed by atoms with Crippen LogP contribution in [0.15, 0.2) is 34.9 Å². The van der Waals surface area contributed by atoms with Gasteiger partial charge < -0.3 is 10.1 Å². The molecule has 0 saturated carbocycles. The Morgan fingerprint density at radius 3 is 2.59 bits per heavy atom. The van der Waals surface area contributed by atoms with E-state index in [0.29, 0.717) is 28.0 Å². The predicted octanol–water partition coefficient (Wildman–Crippen LogP) is 4.62. The quantitative estimate of drug-likeness (QED) is 0.458. The van der Waals surface area contributed by atoms with Gasteiger partial charge in [-0.15, -0.1) is 0 Å². The number of hydrogen-bond acceptors (Lipinski definition) is 4. The highest BCUT2D eigenvalue weighted by atomic mass is 79.9. The number of nitrogens with one attached hydrogen (secondary N) is 1. The smallest absolute Gasteiger partial charge is 0.271 e. The first-order chi connectivity index (χ1) is 13.9. The fourth-order valence-electron chi connectivity index (χ4n) is 2.72. The number of para-hydroxylation sites is 1. The van der Waals surface area contributed by atoms with E-state index in [1.807, 2.05) is 18.5 Å². The Morgan fingerprint density at radius 2 is 1.93 bits per heavy atom. The molecule has 10 heteroatoms. The average Bonchev–Trinajstić information content (AvgIpc) is 3.26. The third-order valence-electron chi connectivity index (χ3n) is 4.26. The van der Waals surface area contributed by atoms with Gasteiger partial charge >= 0.3 is 0 Å². The van der Waals surface area contributed by atoms with Gasteiger partial charge in [0.05, 0.1) is 20.2 Å². The molecule has 7 nitrogen and oxygen atoms in total. The molecule has 0 radical (unpaired) electrons. The zero-order valence-electron chi connectivity index (χ0n) is 16.0. The van der Waals surface area contributed by atoms with Gasteiger partial charge in [-0.3, -0.25) is 9.48 Å². The molecule has 0 fully saturated rings. The van der Waals surface area contributed by atoms with Gasteiger partial charge in [-0.25, -0.2) is 4.68 Å². The number of halogens is 3. The second kappa shape index (κ2) is 9.65. The molecule has 0 aliphatic heterocycles. The van der Waals surface area contributed by atoms with Crippen molar-refractivity contribution in [3.63, 3.8) is 0 Å². The van der Waals surface area contributed by atoms with Crippen LogP contribution in [0.3, 0.4) is 0 Å². The second-order valence-electron chi connectivity index (χ2n) is 6.38. The van der Waals surface area contributed by atoms with Crippen molar-refractivity contribution in [1.29, 1.82) is 0 Å². The molecular formula is C19H20BrCl2N5O2. The molecule has 3 rings (SSSR count). The molecule has 154 valence electrons. The van der Waals surface area contributed by atoms with Crippen LogP contribution in [0.4, 0.5) is 0 Å². The Morgan fingerprint density at radius 1 is 1.21 bits per heavy atom. The van der Waals surface area contributed by atoms with Gasteiger partial charge in [0.15, 0.2) is 12.5 Å². The van der Waals surface area contributed by atoms with E-state index < -0.39 is 0 Å². The van der Waals surface area contributed by atoms with E-state index in [0.717, 1.165) is 28.8 Å². The summed E-state index contributed by atoms with van der Waals surface area (Å²) in [7, 11) is 0. The number of hydrogen-bond donors (Lipinski definition) is 1. The first-order valence-corrected chi connectivity index (χ1v) is 10.5. The molecule has 0 atom stereocenters. The summed E-state index contributed by atoms with van der Waals surface area (Å²) in [5.74, 6) is 0.141. The molecule has 1 N–H and O–H groups in total. The molecule has 1 amide bonds. The minimum Gasteiger partial charge on any atom is -0.468 e. The largest absolute Gasteiger partial charge is 0.468 e. The van der Waals surface area contributed by atoms with Gasteiger partial charge in [-0.1, -0.05) is 29.3 Å². The van der Waals surface area contributed by atoms with Gasteiger partial charge in [0.2, 0.25) is 0 Å². The summed E-state index contributed by atoms with van der Waals surface area (Å²) >= 11 is 15.7. The normalized spacial score (nSPS) is 10.9. The minimum absolute atomic E-state index is 0.0868. The number of carbonyl (C=O) groups is 1. The van der Waals surface area contributed by atoms with Gasteiger partial charge in [0.1, 0.15) is 5.69 Å². The summed E-state index contributed by atoms with van der Waals surface area (Å²) < 4.78 is 10.1. The first kappa shape index (κ1) is 21.7. The lowest BCUT2D eigenvalue weighted by Crippen LogP contribution is -2.26. The first-order valence-electron chi connectivity index (χ1n) is 8.94. The Balaban J connectivity index is 1.47. The number of nitrogens with zero attached hydrogens (tertiary/aromatic N) is 4. The van der Waals surface area contributed by atoms with E-state index in [1.54, 1.807) is 30.5 Å². The molecule has 1 aromatic carbocycles. The summed E-state index contributed by atoms with van der Waals surface area (Å²) in [5, 5.41) is 12.4. The molecular weight excluding hydrogens is 481 g/mol. The maximum atomic E-state index is 12.3. The fourth-order valence-corrected chi connectivity index (χ4v) is 3.51. The fraction of sp³-hybridized carbons (Fsp3) is 0.316. The number of carbonyl (C=O) groups excluding carboxylic acids is 1. The molecule has 2 heterocycles. The Kier molecular flexibility index (Phi) is 7.21. The molecule has 0 bridgehead atoms. The monoisotopic (exact) mass is 499 g/mol. The lowest BCUT2D eigenvalue weighted by Gasteiger charge is -2.09. The van der Waals surface area contributed by atoms with Crippen LogP contribution < -0.4 is 10.1 Å². The van der Waals surface area contributed by atoms with Crippen LogP contribution in [0, 0.1) is 13.8 Å². The van der Waals surface area contributed by atoms with Crippen molar-refractivity contribution in [2.45, 2.75) is 33.5 Å².